The summed E-state index contributed by atoms with van der Waals surface area (Å²) < 4.78 is 0. The number of aromatic nitrogens is 1. The van der Waals surface area contributed by atoms with Crippen molar-refractivity contribution in [1.82, 2.24) is 20.1 Å². The highest BCUT2D eigenvalue weighted by Crippen LogP contribution is 2.30. The number of nitrogens with one attached hydrogen (secondary N) is 1. The van der Waals surface area contributed by atoms with Gasteiger partial charge in [-0.3, -0.25) is 0 Å². The zero-order chi connectivity index (χ0) is 16.2. The van der Waals surface area contributed by atoms with Crippen LogP contribution in [0.5, 0.6) is 0 Å². The first-order valence-electron chi connectivity index (χ1n) is 8.84. The van der Waals surface area contributed by atoms with Gasteiger partial charge in [-0.15, -0.1) is 11.3 Å². The third-order valence-electron chi connectivity index (χ3n) is 5.10. The molecule has 1 aromatic heterocycles. The monoisotopic (exact) mass is 336 g/mol. The molecule has 0 aliphatic carbocycles. The molecule has 23 heavy (non-hydrogen) atoms. The van der Waals surface area contributed by atoms with Crippen molar-refractivity contribution in [2.24, 2.45) is 5.92 Å². The summed E-state index contributed by atoms with van der Waals surface area (Å²) in [4.78, 5) is 22.8. The molecule has 0 aromatic carbocycles. The van der Waals surface area contributed by atoms with Crippen LogP contribution in [0.2, 0.25) is 0 Å². The predicted octanol–water partition coefficient (Wildman–Crippen LogP) is 2.37. The minimum atomic E-state index is 0.122. The average molecular weight is 337 g/mol. The lowest BCUT2D eigenvalue weighted by atomic mass is 9.84. The normalized spacial score (nSPS) is 25.2. The molecule has 1 N–H and O–H groups in total. The Labute approximate surface area is 143 Å². The molecule has 0 radical (unpaired) electrons. The van der Waals surface area contributed by atoms with Crippen LogP contribution >= 0.6 is 11.3 Å². The van der Waals surface area contributed by atoms with Crippen molar-refractivity contribution >= 4 is 17.4 Å². The van der Waals surface area contributed by atoms with E-state index in [0.717, 1.165) is 50.3 Å². The molecule has 0 saturated carbocycles. The first-order valence-corrected chi connectivity index (χ1v) is 9.65. The molecule has 3 heterocycles. The van der Waals surface area contributed by atoms with E-state index in [1.54, 1.807) is 11.3 Å². The van der Waals surface area contributed by atoms with Crippen LogP contribution in [0.4, 0.5) is 4.79 Å². The number of fused-ring (bicyclic) bond motifs is 1. The van der Waals surface area contributed by atoms with Gasteiger partial charge in [0, 0.05) is 43.2 Å². The van der Waals surface area contributed by atoms with E-state index >= 15 is 0 Å². The molecule has 0 bridgehead atoms. The van der Waals surface area contributed by atoms with Gasteiger partial charge in [0.1, 0.15) is 0 Å². The number of aryl methyl sites for hydroxylation is 1. The lowest BCUT2D eigenvalue weighted by molar-refractivity contribution is 0.0534. The first-order chi connectivity index (χ1) is 11.2. The fraction of sp³-hybridized carbons (Fsp3) is 0.765. The molecular weight excluding hydrogens is 308 g/mol. The Hall–Kier alpha value is -1.14. The van der Waals surface area contributed by atoms with E-state index in [0.29, 0.717) is 18.5 Å². The van der Waals surface area contributed by atoms with Crippen LogP contribution in [0.3, 0.4) is 0 Å². The molecule has 1 aromatic rings. The van der Waals surface area contributed by atoms with Gasteiger partial charge < -0.3 is 15.1 Å². The third-order valence-corrected chi connectivity index (χ3v) is 6.30. The van der Waals surface area contributed by atoms with Gasteiger partial charge in [0.25, 0.3) is 0 Å². The minimum Gasteiger partial charge on any atom is -0.338 e. The highest BCUT2D eigenvalue weighted by atomic mass is 32.1. The smallest absolute Gasteiger partial charge is 0.317 e. The highest BCUT2D eigenvalue weighted by Gasteiger charge is 2.37. The van der Waals surface area contributed by atoms with Crippen LogP contribution in [0.15, 0.2) is 6.20 Å². The van der Waals surface area contributed by atoms with E-state index in [4.69, 9.17) is 0 Å². The summed E-state index contributed by atoms with van der Waals surface area (Å²) in [6, 6.07) is 0.558. The Bertz CT molecular complexity index is 532. The van der Waals surface area contributed by atoms with Crippen LogP contribution in [-0.4, -0.2) is 60.1 Å². The lowest BCUT2D eigenvalue weighted by Crippen LogP contribution is -2.57. The van der Waals surface area contributed by atoms with Crippen molar-refractivity contribution in [1.29, 1.82) is 0 Å². The SMILES string of the molecule is CCc1cnc(CCNC(=O)N2CCC[C@H]3CN(C)CC[C@H]32)s1. The van der Waals surface area contributed by atoms with Gasteiger partial charge in [-0.1, -0.05) is 6.92 Å². The number of nitrogens with zero attached hydrogens (tertiary/aromatic N) is 3. The number of amides is 2. The Morgan fingerprint density at radius 3 is 3.09 bits per heavy atom. The van der Waals surface area contributed by atoms with Crippen LogP contribution in [0.25, 0.3) is 0 Å². The van der Waals surface area contributed by atoms with Crippen molar-refractivity contribution in [3.8, 4) is 0 Å². The van der Waals surface area contributed by atoms with Crippen molar-refractivity contribution in [2.75, 3.05) is 33.2 Å². The Morgan fingerprint density at radius 1 is 1.43 bits per heavy atom. The third kappa shape index (κ3) is 4.04. The summed E-state index contributed by atoms with van der Waals surface area (Å²) in [6.45, 7) is 5.97. The van der Waals surface area contributed by atoms with E-state index in [-0.39, 0.29) is 6.03 Å². The van der Waals surface area contributed by atoms with Crippen molar-refractivity contribution in [3.05, 3.63) is 16.1 Å². The summed E-state index contributed by atoms with van der Waals surface area (Å²) in [5, 5.41) is 4.24. The van der Waals surface area contributed by atoms with Gasteiger partial charge in [0.2, 0.25) is 0 Å². The second kappa shape index (κ2) is 7.62. The highest BCUT2D eigenvalue weighted by molar-refractivity contribution is 7.11. The van der Waals surface area contributed by atoms with Gasteiger partial charge in [-0.05, 0) is 45.2 Å². The molecule has 3 rings (SSSR count). The topological polar surface area (TPSA) is 48.5 Å². The van der Waals surface area contributed by atoms with Crippen molar-refractivity contribution < 1.29 is 4.79 Å². The Morgan fingerprint density at radius 2 is 2.30 bits per heavy atom. The van der Waals surface area contributed by atoms with Crippen LogP contribution in [-0.2, 0) is 12.8 Å². The number of likely N-dealkylation sites (tertiary alicyclic amines) is 2. The maximum absolute atomic E-state index is 12.6. The first kappa shape index (κ1) is 16.7. The number of carbonyl (C=O) groups excluding carboxylic acids is 1. The number of carbonyl (C=O) groups is 1. The van der Waals surface area contributed by atoms with Crippen LogP contribution < -0.4 is 5.32 Å². The standard InChI is InChI=1S/C17H28N4OS/c1-3-14-11-19-16(23-14)6-8-18-17(22)21-9-4-5-13-12-20(2)10-7-15(13)21/h11,13,15H,3-10,12H2,1-2H3,(H,18,22)/t13-,15+/m0/s1. The average Bonchev–Trinajstić information content (AvgIpc) is 3.02. The maximum atomic E-state index is 12.6. The second-order valence-electron chi connectivity index (χ2n) is 6.77. The van der Waals surface area contributed by atoms with Crippen LogP contribution in [0, 0.1) is 5.92 Å². The summed E-state index contributed by atoms with van der Waals surface area (Å²) in [7, 11) is 2.19. The summed E-state index contributed by atoms with van der Waals surface area (Å²) in [6.07, 6.45) is 7.33. The van der Waals surface area contributed by atoms with Crippen LogP contribution in [0.1, 0.15) is 36.1 Å². The molecule has 0 spiro atoms. The van der Waals surface area contributed by atoms with Gasteiger partial charge >= 0.3 is 6.03 Å². The Kier molecular flexibility index (Phi) is 5.54. The van der Waals surface area contributed by atoms with Gasteiger partial charge in [-0.2, -0.15) is 0 Å². The number of urea groups is 1. The van der Waals surface area contributed by atoms with E-state index in [9.17, 15) is 4.79 Å². The van der Waals surface area contributed by atoms with Crippen molar-refractivity contribution in [3.63, 3.8) is 0 Å². The minimum absolute atomic E-state index is 0.122. The molecule has 2 aliphatic heterocycles. The summed E-state index contributed by atoms with van der Waals surface area (Å²) in [5.41, 5.74) is 0. The largest absolute Gasteiger partial charge is 0.338 e. The summed E-state index contributed by atoms with van der Waals surface area (Å²) >= 11 is 1.76. The molecule has 2 saturated heterocycles. The molecule has 0 unspecified atom stereocenters. The Balaban J connectivity index is 1.49. The fourth-order valence-corrected chi connectivity index (χ4v) is 4.70. The van der Waals surface area contributed by atoms with Gasteiger partial charge in [0.05, 0.1) is 5.01 Å². The number of hydrogen-bond acceptors (Lipinski definition) is 4. The molecule has 6 heteroatoms. The van der Waals surface area contributed by atoms with E-state index < -0.39 is 0 Å². The second-order valence-corrected chi connectivity index (χ2v) is 7.97. The number of thiazole rings is 1. The quantitative estimate of drug-likeness (QED) is 0.918. The number of rotatable bonds is 4. The zero-order valence-electron chi connectivity index (χ0n) is 14.3. The van der Waals surface area contributed by atoms with Gasteiger partial charge in [0.15, 0.2) is 0 Å². The lowest BCUT2D eigenvalue weighted by Gasteiger charge is -2.46. The fourth-order valence-electron chi connectivity index (χ4n) is 3.84. The zero-order valence-corrected chi connectivity index (χ0v) is 15.1. The summed E-state index contributed by atoms with van der Waals surface area (Å²) in [5.74, 6) is 0.652. The molecule has 128 valence electrons. The van der Waals surface area contributed by atoms with Gasteiger partial charge in [-0.25, -0.2) is 9.78 Å². The molecule has 2 aliphatic rings. The molecule has 5 nitrogen and oxygen atoms in total. The predicted molar refractivity (Wildman–Crippen MR) is 93.9 cm³/mol. The van der Waals surface area contributed by atoms with Crippen molar-refractivity contribution in [2.45, 2.75) is 45.1 Å². The van der Waals surface area contributed by atoms with E-state index in [1.807, 2.05) is 6.20 Å². The van der Waals surface area contributed by atoms with E-state index in [2.05, 4.69) is 34.1 Å². The number of hydrogen-bond donors (Lipinski definition) is 1. The molecule has 2 atom stereocenters. The molecule has 2 amide bonds. The number of piperidine rings is 2. The molecule has 2 fully saturated rings. The maximum Gasteiger partial charge on any atom is 0.317 e. The van der Waals surface area contributed by atoms with E-state index in [1.165, 1.54) is 11.3 Å². The molecular formula is C17H28N4OS.